The third-order valence-electron chi connectivity index (χ3n) is 7.81. The molecule has 3 aliphatic heterocycles. The quantitative estimate of drug-likeness (QED) is 0.558. The third-order valence-corrected chi connectivity index (χ3v) is 7.81. The monoisotopic (exact) mass is 486 g/mol. The fourth-order valence-electron chi connectivity index (χ4n) is 5.99. The molecule has 3 aromatic rings. The van der Waals surface area contributed by atoms with Crippen LogP contribution in [-0.2, 0) is 0 Å². The molecule has 2 N–H and O–H groups in total. The van der Waals surface area contributed by atoms with Crippen molar-refractivity contribution < 1.29 is 14.6 Å². The summed E-state index contributed by atoms with van der Waals surface area (Å²) in [5, 5.41) is 23.6. The summed E-state index contributed by atoms with van der Waals surface area (Å²) in [5.74, 6) is 2.48. The first-order valence-corrected chi connectivity index (χ1v) is 13.0. The van der Waals surface area contributed by atoms with Gasteiger partial charge in [-0.2, -0.15) is 0 Å². The molecule has 2 aromatic heterocycles. The second-order valence-corrected chi connectivity index (χ2v) is 10.4. The second kappa shape index (κ2) is 8.89. The molecule has 3 fully saturated rings. The number of benzene rings is 1. The van der Waals surface area contributed by atoms with Gasteiger partial charge < -0.3 is 24.8 Å². The molecule has 186 valence electrons. The number of phenols is 1. The number of nitrogens with zero attached hydrogens (tertiary/aromatic N) is 5. The number of hydrogen-bond donors (Lipinski definition) is 2. The predicted octanol–water partition coefficient (Wildman–Crippen LogP) is 3.72. The first kappa shape index (κ1) is 21.8. The number of piperidine rings is 2. The Bertz CT molecular complexity index is 1250. The Morgan fingerprint density at radius 2 is 1.69 bits per heavy atom. The van der Waals surface area contributed by atoms with E-state index in [2.05, 4.69) is 30.4 Å². The van der Waals surface area contributed by atoms with Crippen LogP contribution in [0.4, 0.5) is 5.82 Å². The Balaban J connectivity index is 1.12. The molecule has 0 radical (unpaired) electrons. The van der Waals surface area contributed by atoms with E-state index in [4.69, 9.17) is 9.47 Å². The van der Waals surface area contributed by atoms with Gasteiger partial charge in [-0.1, -0.05) is 12.5 Å². The Labute approximate surface area is 209 Å². The van der Waals surface area contributed by atoms with Crippen molar-refractivity contribution in [2.24, 2.45) is 0 Å². The molecule has 1 aliphatic carbocycles. The maximum absolute atomic E-state index is 10.8. The average molecular weight is 487 g/mol. The lowest BCUT2D eigenvalue weighted by molar-refractivity contribution is 0.164. The smallest absolute Gasteiger partial charge is 0.257 e. The molecule has 9 nitrogen and oxygen atoms in total. The summed E-state index contributed by atoms with van der Waals surface area (Å²) in [6, 6.07) is 9.59. The van der Waals surface area contributed by atoms with Crippen LogP contribution in [0.2, 0.25) is 0 Å². The van der Waals surface area contributed by atoms with E-state index < -0.39 is 0 Å². The molecule has 0 spiro atoms. The molecule has 9 heteroatoms. The van der Waals surface area contributed by atoms with Crippen molar-refractivity contribution in [1.82, 2.24) is 25.5 Å². The third kappa shape index (κ3) is 4.11. The summed E-state index contributed by atoms with van der Waals surface area (Å²) in [4.78, 5) is 11.4. The highest BCUT2D eigenvalue weighted by molar-refractivity contribution is 5.73. The minimum Gasteiger partial charge on any atom is -0.507 e. The van der Waals surface area contributed by atoms with Crippen LogP contribution in [0.15, 0.2) is 36.7 Å². The van der Waals surface area contributed by atoms with Gasteiger partial charge in [0, 0.05) is 35.9 Å². The molecule has 1 saturated carbocycles. The standard InChI is InChI=1S/C27H30N6O3/c34-23-10-16(17-11-24-27(29-14-17)36-9-8-35-24)4-7-22(23)26-28-15-25(31-32-26)33(20-5-6-20)21-12-18-2-1-3-19(13-21)30-18/h4,7,10-11,14-15,18-21,30,34H,1-3,5-6,8-9,12-13H2/t18-,19-/m0/s1. The number of phenolic OH excluding ortho intramolecular Hbond substituents is 1. The van der Waals surface area contributed by atoms with Gasteiger partial charge in [0.1, 0.15) is 19.0 Å². The summed E-state index contributed by atoms with van der Waals surface area (Å²) in [6.45, 7) is 0.999. The van der Waals surface area contributed by atoms with Gasteiger partial charge in [0.2, 0.25) is 0 Å². The van der Waals surface area contributed by atoms with Gasteiger partial charge in [0.25, 0.3) is 5.88 Å². The zero-order chi connectivity index (χ0) is 24.1. The maximum Gasteiger partial charge on any atom is 0.257 e. The number of aromatic hydroxyl groups is 1. The molecule has 2 saturated heterocycles. The van der Waals surface area contributed by atoms with Crippen molar-refractivity contribution in [3.05, 3.63) is 36.7 Å². The number of anilines is 1. The first-order chi connectivity index (χ1) is 17.7. The van der Waals surface area contributed by atoms with E-state index in [1.54, 1.807) is 12.3 Å². The zero-order valence-electron chi connectivity index (χ0n) is 20.1. The zero-order valence-corrected chi connectivity index (χ0v) is 20.1. The fraction of sp³-hybridized carbons (Fsp3) is 0.481. The molecular weight excluding hydrogens is 456 g/mol. The largest absolute Gasteiger partial charge is 0.507 e. The Kier molecular flexibility index (Phi) is 5.38. The average Bonchev–Trinajstić information content (AvgIpc) is 3.74. The lowest BCUT2D eigenvalue weighted by atomic mass is 9.83. The minimum atomic E-state index is 0.0992. The molecule has 2 atom stereocenters. The number of ether oxygens (including phenoxy) is 2. The van der Waals surface area contributed by atoms with Crippen LogP contribution in [0.1, 0.15) is 44.9 Å². The fourth-order valence-corrected chi connectivity index (χ4v) is 5.99. The van der Waals surface area contributed by atoms with Gasteiger partial charge in [-0.3, -0.25) is 0 Å². The van der Waals surface area contributed by atoms with Gasteiger partial charge in [0.05, 0.1) is 11.8 Å². The van der Waals surface area contributed by atoms with E-state index in [9.17, 15) is 5.11 Å². The summed E-state index contributed by atoms with van der Waals surface area (Å²) < 4.78 is 11.1. The van der Waals surface area contributed by atoms with E-state index in [-0.39, 0.29) is 5.75 Å². The lowest BCUT2D eigenvalue weighted by Crippen LogP contribution is -2.55. The Morgan fingerprint density at radius 1 is 0.861 bits per heavy atom. The molecule has 0 amide bonds. The number of pyridine rings is 1. The minimum absolute atomic E-state index is 0.0992. The molecule has 7 rings (SSSR count). The van der Waals surface area contributed by atoms with Crippen molar-refractivity contribution >= 4 is 5.82 Å². The SMILES string of the molecule is Oc1cc(-c2cnc3c(c2)OCCO3)ccc1-c1ncc(N(C2CC2)C2C[C@@H]3CCC[C@@H](C2)N3)nn1. The highest BCUT2D eigenvalue weighted by atomic mass is 16.6. The van der Waals surface area contributed by atoms with Crippen molar-refractivity contribution in [3.63, 3.8) is 0 Å². The van der Waals surface area contributed by atoms with Crippen molar-refractivity contribution in [2.75, 3.05) is 18.1 Å². The van der Waals surface area contributed by atoms with Crippen molar-refractivity contribution in [3.8, 4) is 39.9 Å². The van der Waals surface area contributed by atoms with Crippen molar-refractivity contribution in [1.29, 1.82) is 0 Å². The van der Waals surface area contributed by atoms with Crippen LogP contribution in [0.25, 0.3) is 22.5 Å². The Hall–Kier alpha value is -3.46. The molecule has 4 aliphatic rings. The van der Waals surface area contributed by atoms with E-state index in [0.717, 1.165) is 29.8 Å². The summed E-state index contributed by atoms with van der Waals surface area (Å²) in [5.41, 5.74) is 2.21. The van der Waals surface area contributed by atoms with Crippen molar-refractivity contribution in [2.45, 2.75) is 69.1 Å². The summed E-state index contributed by atoms with van der Waals surface area (Å²) >= 11 is 0. The number of rotatable bonds is 5. The number of nitrogens with one attached hydrogen (secondary N) is 1. The van der Waals surface area contributed by atoms with E-state index in [0.29, 0.717) is 60.4 Å². The lowest BCUT2D eigenvalue weighted by Gasteiger charge is -2.45. The van der Waals surface area contributed by atoms with Gasteiger partial charge in [-0.05, 0) is 62.3 Å². The number of hydrogen-bond acceptors (Lipinski definition) is 9. The van der Waals surface area contributed by atoms with Crippen LogP contribution in [-0.4, -0.2) is 62.7 Å². The van der Waals surface area contributed by atoms with E-state index in [1.165, 1.54) is 32.1 Å². The summed E-state index contributed by atoms with van der Waals surface area (Å²) in [7, 11) is 0. The van der Waals surface area contributed by atoms with E-state index >= 15 is 0 Å². The van der Waals surface area contributed by atoms with E-state index in [1.807, 2.05) is 24.4 Å². The van der Waals surface area contributed by atoms with Crippen LogP contribution < -0.4 is 19.7 Å². The van der Waals surface area contributed by atoms with Gasteiger partial charge >= 0.3 is 0 Å². The van der Waals surface area contributed by atoms with Crippen LogP contribution >= 0.6 is 0 Å². The van der Waals surface area contributed by atoms with Crippen LogP contribution in [0, 0.1) is 0 Å². The molecule has 1 aromatic carbocycles. The predicted molar refractivity (Wildman–Crippen MR) is 134 cm³/mol. The molecule has 0 unspecified atom stereocenters. The first-order valence-electron chi connectivity index (χ1n) is 13.0. The second-order valence-electron chi connectivity index (χ2n) is 10.4. The van der Waals surface area contributed by atoms with Gasteiger partial charge in [-0.15, -0.1) is 10.2 Å². The topological polar surface area (TPSA) is 106 Å². The Morgan fingerprint density at radius 3 is 2.44 bits per heavy atom. The molecule has 5 heterocycles. The number of aromatic nitrogens is 4. The molecular formula is C27H30N6O3. The highest BCUT2D eigenvalue weighted by Crippen LogP contribution is 2.39. The van der Waals surface area contributed by atoms with Crippen LogP contribution in [0.5, 0.6) is 17.4 Å². The van der Waals surface area contributed by atoms with Crippen LogP contribution in [0.3, 0.4) is 0 Å². The molecule has 36 heavy (non-hydrogen) atoms. The van der Waals surface area contributed by atoms with Gasteiger partial charge in [0.15, 0.2) is 17.4 Å². The molecule has 2 bridgehead atoms. The maximum atomic E-state index is 10.8. The number of fused-ring (bicyclic) bond motifs is 3. The van der Waals surface area contributed by atoms with Gasteiger partial charge in [-0.25, -0.2) is 9.97 Å². The normalized spacial score (nSPS) is 24.8. The summed E-state index contributed by atoms with van der Waals surface area (Å²) in [6.07, 6.45) is 12.2. The highest BCUT2D eigenvalue weighted by Gasteiger charge is 2.40.